The predicted octanol–water partition coefficient (Wildman–Crippen LogP) is 4.47. The molecule has 0 N–H and O–H groups in total. The lowest BCUT2D eigenvalue weighted by Gasteiger charge is -1.96. The fraction of sp³-hybridized carbons (Fsp3) is 0. The Kier molecular flexibility index (Phi) is 3.12. The Morgan fingerprint density at radius 2 is 2.05 bits per heavy atom. The van der Waals surface area contributed by atoms with E-state index in [1.165, 1.54) is 0 Å². The summed E-state index contributed by atoms with van der Waals surface area (Å²) in [6.45, 7) is 0. The van der Waals surface area contributed by atoms with Crippen LogP contribution in [0.3, 0.4) is 0 Å². The highest BCUT2D eigenvalue weighted by Gasteiger charge is 2.15. The Balaban J connectivity index is 2.04. The van der Waals surface area contributed by atoms with E-state index in [9.17, 15) is 4.79 Å². The number of nitrogens with zero attached hydrogens (tertiary/aromatic N) is 1. The molecule has 0 aliphatic heterocycles. The van der Waals surface area contributed by atoms with Crippen molar-refractivity contribution < 1.29 is 9.21 Å². The van der Waals surface area contributed by atoms with E-state index in [2.05, 4.69) is 20.9 Å². The monoisotopic (exact) mass is 335 g/mol. The van der Waals surface area contributed by atoms with E-state index in [0.717, 1.165) is 9.86 Å². The third-order valence-corrected chi connectivity index (χ3v) is 3.37. The Morgan fingerprint density at radius 1 is 1.21 bits per heavy atom. The number of carbonyl (C=O) groups is 1. The van der Waals surface area contributed by atoms with Gasteiger partial charge in [-0.1, -0.05) is 11.6 Å². The molecule has 0 bridgehead atoms. The smallest absolute Gasteiger partial charge is 0.246 e. The number of rotatable bonds is 2. The number of ketones is 1. The van der Waals surface area contributed by atoms with Crippen LogP contribution in [0.25, 0.3) is 11.0 Å². The van der Waals surface area contributed by atoms with E-state index in [1.54, 1.807) is 42.6 Å². The summed E-state index contributed by atoms with van der Waals surface area (Å²) in [6.07, 6.45) is 1.58. The van der Waals surface area contributed by atoms with E-state index < -0.39 is 0 Å². The van der Waals surface area contributed by atoms with Crippen LogP contribution >= 0.6 is 27.5 Å². The second-order valence-electron chi connectivity index (χ2n) is 3.98. The molecule has 3 nitrogen and oxygen atoms in total. The lowest BCUT2D eigenvalue weighted by atomic mass is 10.2. The van der Waals surface area contributed by atoms with Gasteiger partial charge >= 0.3 is 0 Å². The van der Waals surface area contributed by atoms with Crippen molar-refractivity contribution in [2.45, 2.75) is 0 Å². The molecule has 0 fully saturated rings. The highest BCUT2D eigenvalue weighted by molar-refractivity contribution is 9.10. The summed E-state index contributed by atoms with van der Waals surface area (Å²) >= 11 is 9.17. The molecular formula is C14H7BrClNO2. The summed E-state index contributed by atoms with van der Waals surface area (Å²) in [5, 5.41) is 1.40. The van der Waals surface area contributed by atoms with Crippen molar-refractivity contribution in [3.63, 3.8) is 0 Å². The van der Waals surface area contributed by atoms with Crippen LogP contribution in [0.2, 0.25) is 5.02 Å². The van der Waals surface area contributed by atoms with E-state index in [-0.39, 0.29) is 11.5 Å². The number of pyridine rings is 1. The van der Waals surface area contributed by atoms with Gasteiger partial charge in [0.05, 0.1) is 0 Å². The first-order valence-corrected chi connectivity index (χ1v) is 6.66. The molecule has 0 saturated heterocycles. The summed E-state index contributed by atoms with van der Waals surface area (Å²) < 4.78 is 6.33. The summed E-state index contributed by atoms with van der Waals surface area (Å²) in [5.74, 6) is 0.00640. The van der Waals surface area contributed by atoms with Crippen LogP contribution in [0.15, 0.2) is 51.5 Å². The Bertz CT molecular complexity index is 765. The first kappa shape index (κ1) is 12.4. The van der Waals surface area contributed by atoms with Gasteiger partial charge in [-0.25, -0.2) is 0 Å². The first-order valence-electron chi connectivity index (χ1n) is 5.49. The minimum absolute atomic E-state index is 0.250. The summed E-state index contributed by atoms with van der Waals surface area (Å²) in [6, 6.07) is 10.3. The van der Waals surface area contributed by atoms with Crippen LogP contribution in [0.4, 0.5) is 0 Å². The fourth-order valence-electron chi connectivity index (χ4n) is 1.76. The number of fused-ring (bicyclic) bond motifs is 1. The zero-order chi connectivity index (χ0) is 13.4. The second kappa shape index (κ2) is 4.79. The normalized spacial score (nSPS) is 10.8. The van der Waals surface area contributed by atoms with Crippen LogP contribution in [0.1, 0.15) is 16.2 Å². The highest BCUT2D eigenvalue weighted by Crippen LogP contribution is 2.24. The lowest BCUT2D eigenvalue weighted by Crippen LogP contribution is -2.01. The number of furan rings is 1. The fourth-order valence-corrected chi connectivity index (χ4v) is 2.18. The zero-order valence-corrected chi connectivity index (χ0v) is 11.9. The topological polar surface area (TPSA) is 43.1 Å². The quantitative estimate of drug-likeness (QED) is 0.648. The number of hydrogen-bond acceptors (Lipinski definition) is 3. The highest BCUT2D eigenvalue weighted by atomic mass is 79.9. The molecule has 0 atom stereocenters. The van der Waals surface area contributed by atoms with Gasteiger partial charge in [-0.15, -0.1) is 0 Å². The molecule has 0 radical (unpaired) electrons. The predicted molar refractivity (Wildman–Crippen MR) is 76.6 cm³/mol. The molecule has 0 aliphatic carbocycles. The molecular weight excluding hydrogens is 330 g/mol. The Labute approximate surface area is 122 Å². The van der Waals surface area contributed by atoms with Gasteiger partial charge in [-0.2, -0.15) is 0 Å². The van der Waals surface area contributed by atoms with Crippen molar-refractivity contribution >= 4 is 44.3 Å². The number of aromatic nitrogens is 1. The number of halogens is 2. The van der Waals surface area contributed by atoms with Gasteiger partial charge in [0.1, 0.15) is 11.3 Å². The molecule has 3 rings (SSSR count). The molecule has 0 saturated carbocycles. The molecule has 5 heteroatoms. The van der Waals surface area contributed by atoms with Crippen molar-refractivity contribution in [3.05, 3.63) is 63.5 Å². The van der Waals surface area contributed by atoms with E-state index in [1.807, 2.05) is 0 Å². The number of hydrogen-bond donors (Lipinski definition) is 0. The van der Waals surface area contributed by atoms with Crippen molar-refractivity contribution in [2.75, 3.05) is 0 Å². The summed E-state index contributed by atoms with van der Waals surface area (Å²) in [4.78, 5) is 16.3. The molecule has 2 aromatic heterocycles. The summed E-state index contributed by atoms with van der Waals surface area (Å²) in [5.41, 5.74) is 0.971. The Hall–Kier alpha value is -1.65. The minimum Gasteiger partial charge on any atom is -0.453 e. The molecule has 1 aromatic carbocycles. The van der Waals surface area contributed by atoms with Crippen molar-refractivity contribution in [3.8, 4) is 0 Å². The number of benzene rings is 1. The molecule has 94 valence electrons. The van der Waals surface area contributed by atoms with Gasteiger partial charge in [0.25, 0.3) is 0 Å². The third-order valence-electron chi connectivity index (χ3n) is 2.66. The standard InChI is InChI=1S/C14H7BrClNO2/c15-9-1-3-11(17-7-9)14(18)13-6-8-5-10(16)2-4-12(8)19-13/h1-7H. The molecule has 2 heterocycles. The Morgan fingerprint density at radius 3 is 2.79 bits per heavy atom. The maximum atomic E-state index is 12.2. The van der Waals surface area contributed by atoms with Gasteiger partial charge in [-0.3, -0.25) is 9.78 Å². The molecule has 19 heavy (non-hydrogen) atoms. The average molecular weight is 337 g/mol. The van der Waals surface area contributed by atoms with E-state index in [0.29, 0.717) is 16.3 Å². The molecule has 0 amide bonds. The van der Waals surface area contributed by atoms with Crippen molar-refractivity contribution in [1.29, 1.82) is 0 Å². The molecule has 0 unspecified atom stereocenters. The van der Waals surface area contributed by atoms with Gasteiger partial charge in [-0.05, 0) is 52.3 Å². The molecule has 0 aliphatic rings. The van der Waals surface area contributed by atoms with E-state index in [4.69, 9.17) is 16.0 Å². The first-order chi connectivity index (χ1) is 9.13. The van der Waals surface area contributed by atoms with Gasteiger partial charge in [0.2, 0.25) is 5.78 Å². The zero-order valence-electron chi connectivity index (χ0n) is 9.56. The summed E-state index contributed by atoms with van der Waals surface area (Å²) in [7, 11) is 0. The maximum Gasteiger partial charge on any atom is 0.246 e. The third kappa shape index (κ3) is 2.41. The maximum absolute atomic E-state index is 12.2. The lowest BCUT2D eigenvalue weighted by molar-refractivity contribution is 0.101. The minimum atomic E-state index is -0.250. The largest absolute Gasteiger partial charge is 0.453 e. The van der Waals surface area contributed by atoms with Crippen LogP contribution in [-0.2, 0) is 0 Å². The average Bonchev–Trinajstić information content (AvgIpc) is 2.81. The number of carbonyl (C=O) groups excluding carboxylic acids is 1. The van der Waals surface area contributed by atoms with Gasteiger partial charge in [0, 0.05) is 21.1 Å². The SMILES string of the molecule is O=C(c1ccc(Br)cn1)c1cc2cc(Cl)ccc2o1. The van der Waals surface area contributed by atoms with Crippen LogP contribution in [-0.4, -0.2) is 10.8 Å². The molecule has 0 spiro atoms. The van der Waals surface area contributed by atoms with Crippen LogP contribution in [0, 0.1) is 0 Å². The van der Waals surface area contributed by atoms with Crippen molar-refractivity contribution in [2.24, 2.45) is 0 Å². The molecule has 3 aromatic rings. The van der Waals surface area contributed by atoms with Gasteiger partial charge in [0.15, 0.2) is 5.76 Å². The van der Waals surface area contributed by atoms with E-state index >= 15 is 0 Å². The van der Waals surface area contributed by atoms with Crippen LogP contribution in [0.5, 0.6) is 0 Å². The van der Waals surface area contributed by atoms with Crippen molar-refractivity contribution in [1.82, 2.24) is 4.98 Å². The second-order valence-corrected chi connectivity index (χ2v) is 5.34. The van der Waals surface area contributed by atoms with Crippen LogP contribution < -0.4 is 0 Å². The van der Waals surface area contributed by atoms with Gasteiger partial charge < -0.3 is 4.42 Å².